The molecule has 6 nitrogen and oxygen atoms in total. The first kappa shape index (κ1) is 11.2. The zero-order valence-corrected chi connectivity index (χ0v) is 9.27. The molecule has 0 aromatic rings. The van der Waals surface area contributed by atoms with Gasteiger partial charge < -0.3 is 19.7 Å². The van der Waals surface area contributed by atoms with Crippen LogP contribution in [0.1, 0.15) is 6.42 Å². The van der Waals surface area contributed by atoms with Crippen molar-refractivity contribution in [1.82, 2.24) is 10.2 Å². The summed E-state index contributed by atoms with van der Waals surface area (Å²) in [5, 5.41) is 2.75. The van der Waals surface area contributed by atoms with E-state index in [4.69, 9.17) is 9.47 Å². The Balaban J connectivity index is 1.92. The Labute approximate surface area is 93.9 Å². The van der Waals surface area contributed by atoms with E-state index < -0.39 is 0 Å². The van der Waals surface area contributed by atoms with Crippen molar-refractivity contribution in [3.63, 3.8) is 0 Å². The van der Waals surface area contributed by atoms with Crippen LogP contribution in [0.3, 0.4) is 0 Å². The summed E-state index contributed by atoms with van der Waals surface area (Å²) in [5.74, 6) is 0.297. The molecule has 6 heteroatoms. The van der Waals surface area contributed by atoms with Gasteiger partial charge in [0.25, 0.3) is 0 Å². The number of nitrogens with zero attached hydrogens (tertiary/aromatic N) is 1. The van der Waals surface area contributed by atoms with E-state index in [0.717, 1.165) is 6.42 Å². The third-order valence-corrected chi connectivity index (χ3v) is 3.11. The molecule has 0 unspecified atom stereocenters. The number of rotatable bonds is 2. The van der Waals surface area contributed by atoms with Gasteiger partial charge in [0.15, 0.2) is 0 Å². The molecule has 90 valence electrons. The van der Waals surface area contributed by atoms with E-state index in [1.54, 1.807) is 4.90 Å². The number of amides is 2. The molecule has 0 aromatic carbocycles. The van der Waals surface area contributed by atoms with Crippen LogP contribution in [0.4, 0.5) is 4.79 Å². The number of piperidine rings is 1. The maximum Gasteiger partial charge on any atom is 0.407 e. The SMILES string of the molecule is COCC(=O)N1CC[C@H]2COC(=O)N[C@@H]2C1. The molecular formula is C10H16N2O4. The number of likely N-dealkylation sites (tertiary alicyclic amines) is 1. The summed E-state index contributed by atoms with van der Waals surface area (Å²) in [7, 11) is 1.50. The van der Waals surface area contributed by atoms with Crippen molar-refractivity contribution in [2.45, 2.75) is 12.5 Å². The maximum absolute atomic E-state index is 11.6. The Hall–Kier alpha value is -1.30. The number of methoxy groups -OCH3 is 1. The van der Waals surface area contributed by atoms with Crippen molar-refractivity contribution >= 4 is 12.0 Å². The second-order valence-electron chi connectivity index (χ2n) is 4.17. The van der Waals surface area contributed by atoms with E-state index >= 15 is 0 Å². The van der Waals surface area contributed by atoms with E-state index in [1.807, 2.05) is 0 Å². The van der Waals surface area contributed by atoms with Crippen LogP contribution < -0.4 is 5.32 Å². The topological polar surface area (TPSA) is 67.9 Å². The number of alkyl carbamates (subject to hydrolysis) is 1. The van der Waals surface area contributed by atoms with Gasteiger partial charge in [-0.15, -0.1) is 0 Å². The Morgan fingerprint density at radius 3 is 3.25 bits per heavy atom. The molecule has 2 heterocycles. The van der Waals surface area contributed by atoms with Crippen molar-refractivity contribution in [2.24, 2.45) is 5.92 Å². The highest BCUT2D eigenvalue weighted by Crippen LogP contribution is 2.21. The third-order valence-electron chi connectivity index (χ3n) is 3.11. The van der Waals surface area contributed by atoms with E-state index in [-0.39, 0.29) is 24.6 Å². The maximum atomic E-state index is 11.6. The molecule has 16 heavy (non-hydrogen) atoms. The van der Waals surface area contributed by atoms with Crippen molar-refractivity contribution in [3.05, 3.63) is 0 Å². The second kappa shape index (κ2) is 4.69. The number of ether oxygens (including phenoxy) is 2. The molecule has 2 rings (SSSR count). The highest BCUT2D eigenvalue weighted by molar-refractivity contribution is 5.77. The number of carbonyl (C=O) groups excluding carboxylic acids is 2. The van der Waals surface area contributed by atoms with E-state index in [1.165, 1.54) is 7.11 Å². The molecule has 2 aliphatic rings. The van der Waals surface area contributed by atoms with Crippen molar-refractivity contribution in [3.8, 4) is 0 Å². The van der Waals surface area contributed by atoms with Gasteiger partial charge in [-0.1, -0.05) is 0 Å². The molecule has 0 aliphatic carbocycles. The molecule has 0 saturated carbocycles. The Bertz CT molecular complexity index is 295. The number of hydrogen-bond acceptors (Lipinski definition) is 4. The normalized spacial score (nSPS) is 29.1. The Kier molecular flexibility index (Phi) is 3.28. The largest absolute Gasteiger partial charge is 0.449 e. The Morgan fingerprint density at radius 2 is 2.50 bits per heavy atom. The van der Waals surface area contributed by atoms with Gasteiger partial charge in [0.05, 0.1) is 12.6 Å². The predicted octanol–water partition coefficient (Wildman–Crippen LogP) is -0.410. The summed E-state index contributed by atoms with van der Waals surface area (Å²) >= 11 is 0. The van der Waals surface area contributed by atoms with Gasteiger partial charge in [-0.05, 0) is 6.42 Å². The quantitative estimate of drug-likeness (QED) is 0.697. The molecule has 1 N–H and O–H groups in total. The lowest BCUT2D eigenvalue weighted by atomic mass is 9.91. The standard InChI is InChI=1S/C10H16N2O4/c1-15-6-9(13)12-3-2-7-5-16-10(14)11-8(7)4-12/h7-8H,2-6H2,1H3,(H,11,14)/t7-,8+/m0/s1. The molecule has 2 amide bonds. The van der Waals surface area contributed by atoms with Crippen molar-refractivity contribution in [1.29, 1.82) is 0 Å². The molecule has 2 aliphatic heterocycles. The van der Waals surface area contributed by atoms with E-state index in [0.29, 0.717) is 25.6 Å². The van der Waals surface area contributed by atoms with Gasteiger partial charge in [0.2, 0.25) is 5.91 Å². The number of carbonyl (C=O) groups is 2. The average molecular weight is 228 g/mol. The minimum atomic E-state index is -0.387. The molecule has 0 spiro atoms. The summed E-state index contributed by atoms with van der Waals surface area (Å²) in [6, 6.07) is 0.0239. The van der Waals surface area contributed by atoms with Gasteiger partial charge in [-0.25, -0.2) is 4.79 Å². The third kappa shape index (κ3) is 2.27. The summed E-state index contributed by atoms with van der Waals surface area (Å²) in [6.45, 7) is 1.83. The zero-order chi connectivity index (χ0) is 11.5. The van der Waals surface area contributed by atoms with E-state index in [2.05, 4.69) is 5.32 Å². The Morgan fingerprint density at radius 1 is 1.69 bits per heavy atom. The number of hydrogen-bond donors (Lipinski definition) is 1. The molecular weight excluding hydrogens is 212 g/mol. The zero-order valence-electron chi connectivity index (χ0n) is 9.27. The minimum absolute atomic E-state index is 0.0239. The molecule has 0 radical (unpaired) electrons. The minimum Gasteiger partial charge on any atom is -0.449 e. The molecule has 2 atom stereocenters. The van der Waals surface area contributed by atoms with Gasteiger partial charge in [0.1, 0.15) is 6.61 Å². The monoisotopic (exact) mass is 228 g/mol. The van der Waals surface area contributed by atoms with Crippen LogP contribution in [0.5, 0.6) is 0 Å². The van der Waals surface area contributed by atoms with Crippen LogP contribution in [0.25, 0.3) is 0 Å². The second-order valence-corrected chi connectivity index (χ2v) is 4.17. The van der Waals surface area contributed by atoms with Gasteiger partial charge in [-0.2, -0.15) is 0 Å². The average Bonchev–Trinajstić information content (AvgIpc) is 2.28. The number of cyclic esters (lactones) is 1. The first-order chi connectivity index (χ1) is 7.70. The van der Waals surface area contributed by atoms with Crippen LogP contribution in [0, 0.1) is 5.92 Å². The molecule has 2 saturated heterocycles. The fourth-order valence-electron chi connectivity index (χ4n) is 2.18. The smallest absolute Gasteiger partial charge is 0.407 e. The highest BCUT2D eigenvalue weighted by atomic mass is 16.6. The van der Waals surface area contributed by atoms with Crippen LogP contribution in [0.2, 0.25) is 0 Å². The molecule has 0 aromatic heterocycles. The highest BCUT2D eigenvalue weighted by Gasteiger charge is 2.36. The lowest BCUT2D eigenvalue weighted by Crippen LogP contribution is -2.58. The van der Waals surface area contributed by atoms with Crippen molar-refractivity contribution < 1.29 is 19.1 Å². The van der Waals surface area contributed by atoms with Crippen LogP contribution in [0.15, 0.2) is 0 Å². The summed E-state index contributed by atoms with van der Waals surface area (Å²) in [6.07, 6.45) is 0.475. The van der Waals surface area contributed by atoms with Crippen molar-refractivity contribution in [2.75, 3.05) is 33.4 Å². The lowest BCUT2D eigenvalue weighted by Gasteiger charge is -2.40. The number of fused-ring (bicyclic) bond motifs is 1. The summed E-state index contributed by atoms with van der Waals surface area (Å²) in [5.41, 5.74) is 0. The first-order valence-electron chi connectivity index (χ1n) is 5.40. The van der Waals surface area contributed by atoms with E-state index in [9.17, 15) is 9.59 Å². The fraction of sp³-hybridized carbons (Fsp3) is 0.800. The van der Waals surface area contributed by atoms with Gasteiger partial charge in [-0.3, -0.25) is 4.79 Å². The van der Waals surface area contributed by atoms with Crippen LogP contribution in [-0.2, 0) is 14.3 Å². The van der Waals surface area contributed by atoms with Crippen LogP contribution in [-0.4, -0.2) is 56.4 Å². The molecule has 0 bridgehead atoms. The number of nitrogens with one attached hydrogen (secondary N) is 1. The van der Waals surface area contributed by atoms with Gasteiger partial charge >= 0.3 is 6.09 Å². The summed E-state index contributed by atoms with van der Waals surface area (Å²) in [4.78, 5) is 24.4. The van der Waals surface area contributed by atoms with Crippen LogP contribution >= 0.6 is 0 Å². The fourth-order valence-corrected chi connectivity index (χ4v) is 2.18. The first-order valence-corrected chi connectivity index (χ1v) is 5.40. The summed E-state index contributed by atoms with van der Waals surface area (Å²) < 4.78 is 9.72. The lowest BCUT2D eigenvalue weighted by molar-refractivity contribution is -0.137. The van der Waals surface area contributed by atoms with Gasteiger partial charge in [0, 0.05) is 26.1 Å². The predicted molar refractivity (Wildman–Crippen MR) is 54.8 cm³/mol. The molecule has 2 fully saturated rings.